The first-order valence-electron chi connectivity index (χ1n) is 7.86. The number of hydrogen-bond acceptors (Lipinski definition) is 6. The number of phenols is 1. The number of hydrogen-bond donors (Lipinski definition) is 1. The van der Waals surface area contributed by atoms with Gasteiger partial charge in [-0.2, -0.15) is 0 Å². The second-order valence-corrected chi connectivity index (χ2v) is 6.53. The molecule has 1 aromatic heterocycles. The molecule has 0 amide bonds. The number of ether oxygens (including phenoxy) is 3. The predicted molar refractivity (Wildman–Crippen MR) is 103 cm³/mol. The lowest BCUT2D eigenvalue weighted by molar-refractivity contribution is 0.324. The van der Waals surface area contributed by atoms with Crippen LogP contribution in [0.3, 0.4) is 0 Å². The summed E-state index contributed by atoms with van der Waals surface area (Å²) in [7, 11) is 4.60. The highest BCUT2D eigenvalue weighted by Crippen LogP contribution is 2.44. The Morgan fingerprint density at radius 3 is 2.15 bits per heavy atom. The smallest absolute Gasteiger partial charge is 0.203 e. The van der Waals surface area contributed by atoms with Crippen molar-refractivity contribution >= 4 is 23.2 Å². The molecular formula is C19H17Cl2NO5. The molecule has 0 radical (unpaired) electrons. The van der Waals surface area contributed by atoms with Crippen LogP contribution in [0.4, 0.5) is 0 Å². The molecule has 1 heterocycles. The lowest BCUT2D eigenvalue weighted by Gasteiger charge is -2.13. The van der Waals surface area contributed by atoms with Gasteiger partial charge in [-0.3, -0.25) is 0 Å². The number of methoxy groups -OCH3 is 3. The van der Waals surface area contributed by atoms with E-state index < -0.39 is 0 Å². The van der Waals surface area contributed by atoms with E-state index in [1.54, 1.807) is 18.2 Å². The molecular weight excluding hydrogens is 393 g/mol. The van der Waals surface area contributed by atoms with Crippen LogP contribution in [0.5, 0.6) is 23.0 Å². The van der Waals surface area contributed by atoms with E-state index in [4.69, 9.17) is 41.9 Å². The summed E-state index contributed by atoms with van der Waals surface area (Å²) in [6, 6.07) is 6.55. The van der Waals surface area contributed by atoms with Crippen LogP contribution >= 0.6 is 23.2 Å². The van der Waals surface area contributed by atoms with Crippen LogP contribution < -0.4 is 14.2 Å². The maximum atomic E-state index is 10.3. The monoisotopic (exact) mass is 409 g/mol. The van der Waals surface area contributed by atoms with Crippen molar-refractivity contribution in [3.05, 3.63) is 39.9 Å². The standard InChI is InChI=1S/C19H17Cl2NO5/c1-9-16(10-5-14(24-2)19(26-4)15(6-10)25-3)22-27-18(9)12-7-11(20)8-13(21)17(12)23/h5-8,23H,1-4H3. The molecule has 8 heteroatoms. The highest BCUT2D eigenvalue weighted by molar-refractivity contribution is 6.36. The van der Waals surface area contributed by atoms with E-state index in [9.17, 15) is 5.11 Å². The van der Waals surface area contributed by atoms with Crippen LogP contribution in [0.1, 0.15) is 5.56 Å². The summed E-state index contributed by atoms with van der Waals surface area (Å²) in [6.07, 6.45) is 0. The minimum atomic E-state index is -0.128. The minimum absolute atomic E-state index is 0.127. The zero-order valence-electron chi connectivity index (χ0n) is 15.1. The molecule has 142 valence electrons. The quantitative estimate of drug-likeness (QED) is 0.611. The molecule has 0 bridgehead atoms. The minimum Gasteiger partial charge on any atom is -0.506 e. The van der Waals surface area contributed by atoms with Crippen molar-refractivity contribution in [2.75, 3.05) is 21.3 Å². The molecule has 0 saturated heterocycles. The molecule has 3 rings (SSSR count). The zero-order valence-corrected chi connectivity index (χ0v) is 16.6. The number of phenolic OH excluding ortho intramolecular Hbond substituents is 1. The third-order valence-corrected chi connectivity index (χ3v) is 4.64. The van der Waals surface area contributed by atoms with Gasteiger partial charge in [0.25, 0.3) is 0 Å². The van der Waals surface area contributed by atoms with Crippen LogP contribution in [-0.2, 0) is 0 Å². The first-order valence-corrected chi connectivity index (χ1v) is 8.61. The largest absolute Gasteiger partial charge is 0.506 e. The number of rotatable bonds is 5. The van der Waals surface area contributed by atoms with Crippen molar-refractivity contribution in [3.8, 4) is 45.6 Å². The molecule has 0 fully saturated rings. The Kier molecular flexibility index (Phi) is 5.39. The van der Waals surface area contributed by atoms with Gasteiger partial charge in [-0.05, 0) is 31.2 Å². The summed E-state index contributed by atoms with van der Waals surface area (Å²) in [4.78, 5) is 0. The maximum absolute atomic E-state index is 10.3. The molecule has 2 aromatic carbocycles. The molecule has 3 aromatic rings. The van der Waals surface area contributed by atoms with E-state index in [0.717, 1.165) is 0 Å². The molecule has 0 unspecified atom stereocenters. The van der Waals surface area contributed by atoms with Crippen molar-refractivity contribution in [3.63, 3.8) is 0 Å². The van der Waals surface area contributed by atoms with E-state index >= 15 is 0 Å². The fourth-order valence-electron chi connectivity index (χ4n) is 2.81. The molecule has 6 nitrogen and oxygen atoms in total. The molecule has 0 atom stereocenters. The summed E-state index contributed by atoms with van der Waals surface area (Å²) in [5.41, 5.74) is 2.30. The normalized spacial score (nSPS) is 10.7. The number of aromatic hydroxyl groups is 1. The van der Waals surface area contributed by atoms with E-state index in [-0.39, 0.29) is 10.8 Å². The Hall–Kier alpha value is -2.57. The van der Waals surface area contributed by atoms with Crippen LogP contribution in [-0.4, -0.2) is 31.6 Å². The van der Waals surface area contributed by atoms with Crippen molar-refractivity contribution in [2.45, 2.75) is 6.92 Å². The Bertz CT molecular complexity index is 975. The number of aromatic nitrogens is 1. The summed E-state index contributed by atoms with van der Waals surface area (Å²) < 4.78 is 21.6. The average molecular weight is 410 g/mol. The molecule has 0 spiro atoms. The van der Waals surface area contributed by atoms with Gasteiger partial charge in [0.2, 0.25) is 5.75 Å². The predicted octanol–water partition coefficient (Wildman–Crippen LogP) is 5.36. The van der Waals surface area contributed by atoms with Gasteiger partial charge in [-0.1, -0.05) is 28.4 Å². The van der Waals surface area contributed by atoms with Gasteiger partial charge in [0.15, 0.2) is 17.3 Å². The zero-order chi connectivity index (χ0) is 19.7. The number of halogens is 2. The summed E-state index contributed by atoms with van der Waals surface area (Å²) in [5, 5.41) is 14.9. The Balaban J connectivity index is 2.17. The Morgan fingerprint density at radius 2 is 1.59 bits per heavy atom. The van der Waals surface area contributed by atoms with Crippen molar-refractivity contribution < 1.29 is 23.8 Å². The Morgan fingerprint density at radius 1 is 0.963 bits per heavy atom. The van der Waals surface area contributed by atoms with Gasteiger partial charge in [-0.25, -0.2) is 0 Å². The molecule has 27 heavy (non-hydrogen) atoms. The van der Waals surface area contributed by atoms with Crippen molar-refractivity contribution in [2.24, 2.45) is 0 Å². The van der Waals surface area contributed by atoms with E-state index in [1.165, 1.54) is 27.4 Å². The van der Waals surface area contributed by atoms with Crippen LogP contribution in [0.2, 0.25) is 10.0 Å². The fraction of sp³-hybridized carbons (Fsp3) is 0.211. The topological polar surface area (TPSA) is 74.0 Å². The third kappa shape index (κ3) is 3.38. The second-order valence-electron chi connectivity index (χ2n) is 5.68. The highest BCUT2D eigenvalue weighted by atomic mass is 35.5. The Labute approximate surface area is 166 Å². The summed E-state index contributed by atoms with van der Waals surface area (Å²) in [5.74, 6) is 1.69. The number of nitrogens with zero attached hydrogens (tertiary/aromatic N) is 1. The van der Waals surface area contributed by atoms with Crippen LogP contribution in [0, 0.1) is 6.92 Å². The highest BCUT2D eigenvalue weighted by Gasteiger charge is 2.22. The molecule has 0 saturated carbocycles. The van der Waals surface area contributed by atoms with E-state index in [2.05, 4.69) is 5.16 Å². The van der Waals surface area contributed by atoms with Gasteiger partial charge >= 0.3 is 0 Å². The van der Waals surface area contributed by atoms with Crippen LogP contribution in [0.15, 0.2) is 28.8 Å². The molecule has 0 aliphatic rings. The van der Waals surface area contributed by atoms with Gasteiger partial charge in [0, 0.05) is 16.1 Å². The number of benzene rings is 2. The first-order chi connectivity index (χ1) is 12.9. The van der Waals surface area contributed by atoms with E-state index in [1.807, 2.05) is 6.92 Å². The summed E-state index contributed by atoms with van der Waals surface area (Å²) in [6.45, 7) is 1.82. The fourth-order valence-corrected chi connectivity index (χ4v) is 3.31. The second kappa shape index (κ2) is 7.58. The van der Waals surface area contributed by atoms with Crippen molar-refractivity contribution in [1.82, 2.24) is 5.16 Å². The lowest BCUT2D eigenvalue weighted by Crippen LogP contribution is -1.96. The summed E-state index contributed by atoms with van der Waals surface area (Å²) >= 11 is 12.1. The molecule has 0 aliphatic heterocycles. The maximum Gasteiger partial charge on any atom is 0.203 e. The van der Waals surface area contributed by atoms with Gasteiger partial charge < -0.3 is 23.8 Å². The first kappa shape index (κ1) is 19.2. The molecule has 0 aliphatic carbocycles. The van der Waals surface area contributed by atoms with Gasteiger partial charge in [0.1, 0.15) is 11.4 Å². The van der Waals surface area contributed by atoms with Gasteiger partial charge in [0.05, 0.1) is 31.9 Å². The van der Waals surface area contributed by atoms with Crippen molar-refractivity contribution in [1.29, 1.82) is 0 Å². The third-order valence-electron chi connectivity index (χ3n) is 4.13. The SMILES string of the molecule is COc1cc(-c2noc(-c3cc(Cl)cc(Cl)c3O)c2C)cc(OC)c1OC. The molecule has 1 N–H and O–H groups in total. The average Bonchev–Trinajstić information content (AvgIpc) is 3.04. The van der Waals surface area contributed by atoms with Gasteiger partial charge in [-0.15, -0.1) is 0 Å². The van der Waals surface area contributed by atoms with E-state index in [0.29, 0.717) is 50.4 Å². The lowest BCUT2D eigenvalue weighted by atomic mass is 10.0. The van der Waals surface area contributed by atoms with Crippen LogP contribution in [0.25, 0.3) is 22.6 Å².